The summed E-state index contributed by atoms with van der Waals surface area (Å²) >= 11 is 0. The lowest BCUT2D eigenvalue weighted by atomic mass is 9.95. The van der Waals surface area contributed by atoms with Crippen LogP contribution in [0.1, 0.15) is 55.6 Å². The Balaban J connectivity index is 1.71. The van der Waals surface area contributed by atoms with E-state index in [0.29, 0.717) is 24.3 Å². The first-order valence-electron chi connectivity index (χ1n) is 7.31. The van der Waals surface area contributed by atoms with Gasteiger partial charge in [-0.2, -0.15) is 4.98 Å². The molecule has 6 heteroatoms. The second-order valence-electron chi connectivity index (χ2n) is 5.49. The monoisotopic (exact) mass is 275 g/mol. The molecule has 20 heavy (non-hydrogen) atoms. The molecule has 0 aromatic carbocycles. The lowest BCUT2D eigenvalue weighted by molar-refractivity contribution is 0.354. The molecule has 0 atom stereocenters. The second-order valence-corrected chi connectivity index (χ2v) is 5.49. The lowest BCUT2D eigenvalue weighted by Crippen LogP contribution is -2.15. The molecule has 1 aliphatic rings. The van der Waals surface area contributed by atoms with Gasteiger partial charge in [0.25, 0.3) is 0 Å². The zero-order valence-electron chi connectivity index (χ0n) is 12.1. The van der Waals surface area contributed by atoms with Crippen molar-refractivity contribution < 1.29 is 4.52 Å². The maximum atomic E-state index is 5.12. The molecule has 0 aliphatic heterocycles. The Morgan fingerprint density at radius 2 is 2.05 bits per heavy atom. The van der Waals surface area contributed by atoms with Crippen molar-refractivity contribution in [3.63, 3.8) is 0 Å². The molecule has 108 valence electrons. The minimum Gasteiger partial charge on any atom is -0.347 e. The quantitative estimate of drug-likeness (QED) is 0.929. The summed E-state index contributed by atoms with van der Waals surface area (Å²) in [7, 11) is 0. The SMILES string of the molecule is Cc1cn(C2CCCCC2)c(NCc2nc(C)no2)n1. The maximum Gasteiger partial charge on any atom is 0.246 e. The van der Waals surface area contributed by atoms with E-state index in [1.54, 1.807) is 0 Å². The number of anilines is 1. The number of hydrogen-bond donors (Lipinski definition) is 1. The van der Waals surface area contributed by atoms with Crippen LogP contribution >= 0.6 is 0 Å². The van der Waals surface area contributed by atoms with Crippen LogP contribution in [-0.2, 0) is 6.54 Å². The zero-order chi connectivity index (χ0) is 13.9. The molecule has 1 N–H and O–H groups in total. The van der Waals surface area contributed by atoms with Gasteiger partial charge >= 0.3 is 0 Å². The van der Waals surface area contributed by atoms with Gasteiger partial charge < -0.3 is 14.4 Å². The Morgan fingerprint density at radius 3 is 2.75 bits per heavy atom. The van der Waals surface area contributed by atoms with Crippen LogP contribution in [0.4, 0.5) is 5.95 Å². The fourth-order valence-corrected chi connectivity index (χ4v) is 2.85. The minimum atomic E-state index is 0.518. The van der Waals surface area contributed by atoms with Gasteiger partial charge in [-0.05, 0) is 26.7 Å². The van der Waals surface area contributed by atoms with E-state index in [1.165, 1.54) is 32.1 Å². The number of nitrogens with zero attached hydrogens (tertiary/aromatic N) is 4. The molecule has 6 nitrogen and oxygen atoms in total. The number of nitrogens with one attached hydrogen (secondary N) is 1. The summed E-state index contributed by atoms with van der Waals surface area (Å²) in [6.07, 6.45) is 8.59. The van der Waals surface area contributed by atoms with Crippen molar-refractivity contribution >= 4 is 5.95 Å². The van der Waals surface area contributed by atoms with E-state index in [2.05, 4.69) is 31.2 Å². The van der Waals surface area contributed by atoms with E-state index in [0.717, 1.165) is 11.6 Å². The van der Waals surface area contributed by atoms with Crippen molar-refractivity contribution in [3.8, 4) is 0 Å². The van der Waals surface area contributed by atoms with Gasteiger partial charge in [0.15, 0.2) is 5.82 Å². The Kier molecular flexibility index (Phi) is 3.71. The first-order valence-corrected chi connectivity index (χ1v) is 7.31. The van der Waals surface area contributed by atoms with Gasteiger partial charge in [0, 0.05) is 12.2 Å². The standard InChI is InChI=1S/C14H21N5O/c1-10-9-19(12-6-4-3-5-7-12)14(16-10)15-8-13-17-11(2)18-20-13/h9,12H,3-8H2,1-2H3,(H,15,16). The van der Waals surface area contributed by atoms with Crippen LogP contribution < -0.4 is 5.32 Å². The first kappa shape index (κ1) is 13.1. The average molecular weight is 275 g/mol. The summed E-state index contributed by atoms with van der Waals surface area (Å²) in [5.74, 6) is 2.16. The van der Waals surface area contributed by atoms with E-state index >= 15 is 0 Å². The summed E-state index contributed by atoms with van der Waals surface area (Å²) in [6, 6.07) is 0.567. The Morgan fingerprint density at radius 1 is 1.25 bits per heavy atom. The highest BCUT2D eigenvalue weighted by atomic mass is 16.5. The number of aromatic nitrogens is 4. The highest BCUT2D eigenvalue weighted by Crippen LogP contribution is 2.30. The third kappa shape index (κ3) is 2.84. The highest BCUT2D eigenvalue weighted by Gasteiger charge is 2.19. The topological polar surface area (TPSA) is 68.8 Å². The van der Waals surface area contributed by atoms with E-state index in [-0.39, 0.29) is 0 Å². The zero-order valence-corrected chi connectivity index (χ0v) is 12.1. The average Bonchev–Trinajstić information content (AvgIpc) is 3.03. The second kappa shape index (κ2) is 5.64. The third-order valence-corrected chi connectivity index (χ3v) is 3.79. The van der Waals surface area contributed by atoms with Crippen molar-refractivity contribution in [2.75, 3.05) is 5.32 Å². The van der Waals surface area contributed by atoms with Crippen LogP contribution in [0, 0.1) is 13.8 Å². The van der Waals surface area contributed by atoms with E-state index in [9.17, 15) is 0 Å². The summed E-state index contributed by atoms with van der Waals surface area (Å²) in [6.45, 7) is 4.37. The van der Waals surface area contributed by atoms with Crippen LogP contribution in [0.25, 0.3) is 0 Å². The van der Waals surface area contributed by atoms with Crippen molar-refractivity contribution in [1.82, 2.24) is 19.7 Å². The van der Waals surface area contributed by atoms with Crippen molar-refractivity contribution in [1.29, 1.82) is 0 Å². The minimum absolute atomic E-state index is 0.518. The van der Waals surface area contributed by atoms with Crippen LogP contribution in [0.5, 0.6) is 0 Å². The van der Waals surface area contributed by atoms with E-state index < -0.39 is 0 Å². The van der Waals surface area contributed by atoms with Gasteiger partial charge in [-0.1, -0.05) is 24.4 Å². The fraction of sp³-hybridized carbons (Fsp3) is 0.643. The maximum absolute atomic E-state index is 5.12. The van der Waals surface area contributed by atoms with Gasteiger partial charge in [0.1, 0.15) is 0 Å². The molecule has 0 unspecified atom stereocenters. The van der Waals surface area contributed by atoms with Crippen LogP contribution in [0.2, 0.25) is 0 Å². The Hall–Kier alpha value is -1.85. The van der Waals surface area contributed by atoms with Crippen LogP contribution in [-0.4, -0.2) is 19.7 Å². The molecule has 0 amide bonds. The van der Waals surface area contributed by atoms with Crippen molar-refractivity contribution in [3.05, 3.63) is 23.6 Å². The molecule has 2 aromatic rings. The van der Waals surface area contributed by atoms with Gasteiger partial charge in [-0.15, -0.1) is 0 Å². The molecule has 0 saturated heterocycles. The molecular formula is C14H21N5O. The highest BCUT2D eigenvalue weighted by molar-refractivity contribution is 5.29. The largest absolute Gasteiger partial charge is 0.347 e. The van der Waals surface area contributed by atoms with Crippen LogP contribution in [0.15, 0.2) is 10.7 Å². The number of imidazole rings is 1. The molecule has 2 heterocycles. The van der Waals surface area contributed by atoms with Crippen LogP contribution in [0.3, 0.4) is 0 Å². The third-order valence-electron chi connectivity index (χ3n) is 3.79. The number of aryl methyl sites for hydroxylation is 2. The number of hydrogen-bond acceptors (Lipinski definition) is 5. The normalized spacial score (nSPS) is 16.5. The van der Waals surface area contributed by atoms with Gasteiger partial charge in [0.2, 0.25) is 11.8 Å². The molecule has 1 aliphatic carbocycles. The molecule has 0 spiro atoms. The predicted octanol–water partition coefficient (Wildman–Crippen LogP) is 3.00. The molecule has 1 saturated carbocycles. The molecule has 2 aromatic heterocycles. The summed E-state index contributed by atoms with van der Waals surface area (Å²) in [5, 5.41) is 7.11. The van der Waals surface area contributed by atoms with Gasteiger partial charge in [-0.3, -0.25) is 0 Å². The summed E-state index contributed by atoms with van der Waals surface area (Å²) in [5.41, 5.74) is 1.04. The predicted molar refractivity (Wildman–Crippen MR) is 75.4 cm³/mol. The molecule has 0 bridgehead atoms. The fourth-order valence-electron chi connectivity index (χ4n) is 2.85. The molecule has 0 radical (unpaired) electrons. The lowest BCUT2D eigenvalue weighted by Gasteiger charge is -2.24. The molecular weight excluding hydrogens is 254 g/mol. The summed E-state index contributed by atoms with van der Waals surface area (Å²) < 4.78 is 7.39. The summed E-state index contributed by atoms with van der Waals surface area (Å²) in [4.78, 5) is 8.77. The van der Waals surface area contributed by atoms with Gasteiger partial charge in [0.05, 0.1) is 12.2 Å². The Labute approximate surface area is 118 Å². The van der Waals surface area contributed by atoms with Gasteiger partial charge in [-0.25, -0.2) is 4.98 Å². The number of rotatable bonds is 4. The molecule has 1 fully saturated rings. The Bertz CT molecular complexity index is 568. The van der Waals surface area contributed by atoms with Crippen molar-refractivity contribution in [2.24, 2.45) is 0 Å². The van der Waals surface area contributed by atoms with E-state index in [4.69, 9.17) is 4.52 Å². The molecule has 3 rings (SSSR count). The first-order chi connectivity index (χ1) is 9.72. The van der Waals surface area contributed by atoms with Crippen molar-refractivity contribution in [2.45, 2.75) is 58.5 Å². The smallest absolute Gasteiger partial charge is 0.246 e. The van der Waals surface area contributed by atoms with E-state index in [1.807, 2.05) is 13.8 Å².